The molecule has 0 radical (unpaired) electrons. The van der Waals surface area contributed by atoms with E-state index in [1.807, 2.05) is 54.7 Å². The Morgan fingerprint density at radius 3 is 2.60 bits per heavy atom. The number of hydrogen-bond acceptors (Lipinski definition) is 3. The second-order valence-electron chi connectivity index (χ2n) is 4.37. The number of hydrogen-bond donors (Lipinski definition) is 0. The molecule has 0 unspecified atom stereocenters. The van der Waals surface area contributed by atoms with Gasteiger partial charge in [0.15, 0.2) is 0 Å². The third-order valence-corrected chi connectivity index (χ3v) is 3.11. The molecule has 0 aliphatic heterocycles. The predicted octanol–water partition coefficient (Wildman–Crippen LogP) is 3.99. The third-order valence-electron chi connectivity index (χ3n) is 3.11. The molecule has 0 N–H and O–H groups in total. The molecule has 3 heteroatoms. The Morgan fingerprint density at radius 2 is 1.80 bits per heavy atom. The highest BCUT2D eigenvalue weighted by atomic mass is 16.5. The van der Waals surface area contributed by atoms with Gasteiger partial charge in [-0.2, -0.15) is 0 Å². The summed E-state index contributed by atoms with van der Waals surface area (Å²) in [5.41, 5.74) is 2.93. The van der Waals surface area contributed by atoms with Crippen LogP contribution < -0.4 is 4.74 Å². The molecular weight excluding hydrogens is 248 g/mol. The van der Waals surface area contributed by atoms with Gasteiger partial charge >= 0.3 is 0 Å². The topological polar surface area (TPSA) is 34.5 Å². The zero-order valence-electron chi connectivity index (χ0n) is 11.2. The van der Waals surface area contributed by atoms with E-state index in [0.29, 0.717) is 0 Å². The summed E-state index contributed by atoms with van der Waals surface area (Å²) in [6.45, 7) is 0. The van der Waals surface area contributed by atoms with Crippen LogP contribution in [0.4, 0.5) is 5.69 Å². The van der Waals surface area contributed by atoms with Gasteiger partial charge in [0.25, 0.3) is 0 Å². The highest BCUT2D eigenvalue weighted by Crippen LogP contribution is 2.19. The number of benzene rings is 2. The first-order chi connectivity index (χ1) is 9.86. The van der Waals surface area contributed by atoms with E-state index < -0.39 is 0 Å². The van der Waals surface area contributed by atoms with E-state index in [1.165, 1.54) is 0 Å². The SMILES string of the molecule is COc1ccc(N=Cc2ccnc3ccccc23)cc1. The van der Waals surface area contributed by atoms with Gasteiger partial charge in [-0.3, -0.25) is 9.98 Å². The molecule has 2 aromatic carbocycles. The highest BCUT2D eigenvalue weighted by molar-refractivity contribution is 5.98. The number of ether oxygens (including phenoxy) is 1. The fourth-order valence-corrected chi connectivity index (χ4v) is 2.04. The number of pyridine rings is 1. The Morgan fingerprint density at radius 1 is 1.00 bits per heavy atom. The lowest BCUT2D eigenvalue weighted by molar-refractivity contribution is 0.415. The van der Waals surface area contributed by atoms with Crippen molar-refractivity contribution < 1.29 is 4.74 Å². The zero-order chi connectivity index (χ0) is 13.8. The van der Waals surface area contributed by atoms with Crippen molar-refractivity contribution in [1.82, 2.24) is 4.98 Å². The van der Waals surface area contributed by atoms with Gasteiger partial charge in [-0.05, 0) is 36.4 Å². The molecule has 1 aromatic heterocycles. The molecule has 0 fully saturated rings. The molecule has 0 bridgehead atoms. The van der Waals surface area contributed by atoms with E-state index >= 15 is 0 Å². The summed E-state index contributed by atoms with van der Waals surface area (Å²) in [6, 6.07) is 17.7. The van der Waals surface area contributed by atoms with Crippen LogP contribution in [0.5, 0.6) is 5.75 Å². The molecule has 0 atom stereocenters. The van der Waals surface area contributed by atoms with Gasteiger partial charge in [-0.25, -0.2) is 0 Å². The molecule has 98 valence electrons. The largest absolute Gasteiger partial charge is 0.497 e. The number of aliphatic imine (C=N–C) groups is 1. The average Bonchev–Trinajstić information content (AvgIpc) is 2.53. The van der Waals surface area contributed by atoms with Gasteiger partial charge in [-0.15, -0.1) is 0 Å². The molecule has 3 nitrogen and oxygen atoms in total. The Kier molecular flexibility index (Phi) is 3.42. The lowest BCUT2D eigenvalue weighted by atomic mass is 10.1. The standard InChI is InChI=1S/C17H14N2O/c1-20-15-8-6-14(7-9-15)19-12-13-10-11-18-17-5-3-2-4-16(13)17/h2-12H,1H3. The van der Waals surface area contributed by atoms with E-state index in [9.17, 15) is 0 Å². The number of fused-ring (bicyclic) bond motifs is 1. The first-order valence-electron chi connectivity index (χ1n) is 6.39. The van der Waals surface area contributed by atoms with Crippen molar-refractivity contribution in [2.45, 2.75) is 0 Å². The minimum absolute atomic E-state index is 0.832. The summed E-state index contributed by atoms with van der Waals surface area (Å²) >= 11 is 0. The summed E-state index contributed by atoms with van der Waals surface area (Å²) in [6.07, 6.45) is 3.67. The Bertz CT molecular complexity index is 743. The normalized spacial score (nSPS) is 11.1. The summed E-state index contributed by atoms with van der Waals surface area (Å²) in [7, 11) is 1.65. The Labute approximate surface area is 117 Å². The number of rotatable bonds is 3. The average molecular weight is 262 g/mol. The number of para-hydroxylation sites is 1. The fraction of sp³-hybridized carbons (Fsp3) is 0.0588. The minimum Gasteiger partial charge on any atom is -0.497 e. The molecule has 0 saturated heterocycles. The van der Waals surface area contributed by atoms with Crippen molar-refractivity contribution >= 4 is 22.8 Å². The monoisotopic (exact) mass is 262 g/mol. The Balaban J connectivity index is 1.93. The first kappa shape index (κ1) is 12.4. The quantitative estimate of drug-likeness (QED) is 0.669. The fourth-order valence-electron chi connectivity index (χ4n) is 2.04. The molecule has 1 heterocycles. The van der Waals surface area contributed by atoms with Crippen molar-refractivity contribution in [3.63, 3.8) is 0 Å². The number of aromatic nitrogens is 1. The van der Waals surface area contributed by atoms with E-state index in [1.54, 1.807) is 13.3 Å². The Hall–Kier alpha value is -2.68. The lowest BCUT2D eigenvalue weighted by Gasteiger charge is -2.01. The van der Waals surface area contributed by atoms with Crippen molar-refractivity contribution in [2.75, 3.05) is 7.11 Å². The van der Waals surface area contributed by atoms with Gasteiger partial charge in [0.2, 0.25) is 0 Å². The lowest BCUT2D eigenvalue weighted by Crippen LogP contribution is -1.86. The second kappa shape index (κ2) is 5.53. The number of nitrogens with zero attached hydrogens (tertiary/aromatic N) is 2. The summed E-state index contributed by atoms with van der Waals surface area (Å²) in [4.78, 5) is 8.84. The van der Waals surface area contributed by atoms with Crippen LogP contribution >= 0.6 is 0 Å². The maximum Gasteiger partial charge on any atom is 0.119 e. The van der Waals surface area contributed by atoms with Crippen LogP contribution in [-0.2, 0) is 0 Å². The van der Waals surface area contributed by atoms with Crippen LogP contribution in [0.2, 0.25) is 0 Å². The molecule has 3 aromatic rings. The van der Waals surface area contributed by atoms with Gasteiger partial charge < -0.3 is 4.74 Å². The molecule has 0 spiro atoms. The molecule has 0 aliphatic carbocycles. The zero-order valence-corrected chi connectivity index (χ0v) is 11.2. The maximum atomic E-state index is 5.13. The second-order valence-corrected chi connectivity index (χ2v) is 4.37. The van der Waals surface area contributed by atoms with E-state index in [0.717, 1.165) is 27.9 Å². The van der Waals surface area contributed by atoms with Crippen molar-refractivity contribution in [3.8, 4) is 5.75 Å². The molecule has 3 rings (SSSR count). The van der Waals surface area contributed by atoms with Gasteiger partial charge in [0.1, 0.15) is 5.75 Å². The smallest absolute Gasteiger partial charge is 0.119 e. The predicted molar refractivity (Wildman–Crippen MR) is 82.0 cm³/mol. The first-order valence-corrected chi connectivity index (χ1v) is 6.39. The van der Waals surface area contributed by atoms with Crippen molar-refractivity contribution in [1.29, 1.82) is 0 Å². The summed E-state index contributed by atoms with van der Waals surface area (Å²) in [5.74, 6) is 0.832. The molecular formula is C17H14N2O. The maximum absolute atomic E-state index is 5.13. The molecule has 0 saturated carbocycles. The van der Waals surface area contributed by atoms with Gasteiger partial charge in [0, 0.05) is 23.4 Å². The van der Waals surface area contributed by atoms with Crippen LogP contribution in [-0.4, -0.2) is 18.3 Å². The number of methoxy groups -OCH3 is 1. The highest BCUT2D eigenvalue weighted by Gasteiger charge is 1.98. The van der Waals surface area contributed by atoms with Crippen molar-refractivity contribution in [3.05, 3.63) is 66.4 Å². The van der Waals surface area contributed by atoms with Crippen LogP contribution in [0, 0.1) is 0 Å². The van der Waals surface area contributed by atoms with E-state index in [4.69, 9.17) is 4.74 Å². The van der Waals surface area contributed by atoms with E-state index in [-0.39, 0.29) is 0 Å². The summed E-state index contributed by atoms with van der Waals surface area (Å²) < 4.78 is 5.13. The van der Waals surface area contributed by atoms with Crippen LogP contribution in [0.1, 0.15) is 5.56 Å². The minimum atomic E-state index is 0.832. The van der Waals surface area contributed by atoms with Crippen LogP contribution in [0.3, 0.4) is 0 Å². The molecule has 20 heavy (non-hydrogen) atoms. The van der Waals surface area contributed by atoms with Gasteiger partial charge in [0.05, 0.1) is 18.3 Å². The van der Waals surface area contributed by atoms with Crippen LogP contribution in [0.15, 0.2) is 65.8 Å². The molecule has 0 amide bonds. The van der Waals surface area contributed by atoms with Gasteiger partial charge in [-0.1, -0.05) is 18.2 Å². The van der Waals surface area contributed by atoms with Crippen LogP contribution in [0.25, 0.3) is 10.9 Å². The molecule has 0 aliphatic rings. The summed E-state index contributed by atoms with van der Waals surface area (Å²) in [5, 5.41) is 1.10. The van der Waals surface area contributed by atoms with Crippen molar-refractivity contribution in [2.24, 2.45) is 4.99 Å². The van der Waals surface area contributed by atoms with E-state index in [2.05, 4.69) is 16.0 Å². The third kappa shape index (κ3) is 2.52.